The molecule has 0 N–H and O–H groups in total. The number of benzene rings is 2. The molecule has 1 heterocycles. The van der Waals surface area contributed by atoms with Crippen molar-refractivity contribution in [3.05, 3.63) is 70.8 Å². The summed E-state index contributed by atoms with van der Waals surface area (Å²) >= 11 is 0. The van der Waals surface area contributed by atoms with Crippen molar-refractivity contribution in [3.8, 4) is 0 Å². The molecule has 396 valence electrons. The zero-order chi connectivity index (χ0) is 54.3. The Bertz CT molecular complexity index is 2050. The van der Waals surface area contributed by atoms with E-state index in [-0.39, 0.29) is 62.2 Å². The van der Waals surface area contributed by atoms with Crippen LogP contribution in [0.4, 0.5) is 0 Å². The lowest BCUT2D eigenvalue weighted by molar-refractivity contribution is -0.176. The second kappa shape index (κ2) is 27.4. The van der Waals surface area contributed by atoms with Gasteiger partial charge >= 0.3 is 23.9 Å². The van der Waals surface area contributed by atoms with Gasteiger partial charge in [-0.15, -0.1) is 0 Å². The van der Waals surface area contributed by atoms with Crippen LogP contribution in [0.15, 0.2) is 48.5 Å². The minimum absolute atomic E-state index is 0.0540. The molecular formula is C54H76N4O14. The van der Waals surface area contributed by atoms with E-state index in [1.165, 1.54) is 66.3 Å². The third-order valence-electron chi connectivity index (χ3n) is 12.6. The lowest BCUT2D eigenvalue weighted by Crippen LogP contribution is -2.55. The highest BCUT2D eigenvalue weighted by Gasteiger charge is 2.43. The summed E-state index contributed by atoms with van der Waals surface area (Å²) in [6.45, 7) is 17.2. The summed E-state index contributed by atoms with van der Waals surface area (Å²) in [5.41, 5.74) is 1.71. The molecule has 18 heteroatoms. The van der Waals surface area contributed by atoms with Gasteiger partial charge in [0.2, 0.25) is 0 Å². The molecule has 72 heavy (non-hydrogen) atoms. The van der Waals surface area contributed by atoms with Crippen LogP contribution in [0.25, 0.3) is 0 Å². The molecule has 1 saturated heterocycles. The van der Waals surface area contributed by atoms with Crippen LogP contribution in [0.1, 0.15) is 127 Å². The number of nitrogens with zero attached hydrogens (tertiary/aromatic N) is 4. The zero-order valence-electron chi connectivity index (χ0n) is 44.4. The van der Waals surface area contributed by atoms with E-state index >= 15 is 0 Å². The Morgan fingerprint density at radius 1 is 0.403 bits per heavy atom. The van der Waals surface area contributed by atoms with E-state index in [4.69, 9.17) is 18.9 Å². The summed E-state index contributed by atoms with van der Waals surface area (Å²) in [4.78, 5) is 143. The van der Waals surface area contributed by atoms with Gasteiger partial charge in [-0.1, -0.05) is 104 Å². The van der Waals surface area contributed by atoms with E-state index in [1.54, 1.807) is 24.3 Å². The van der Waals surface area contributed by atoms with Gasteiger partial charge in [0.15, 0.2) is 24.4 Å². The van der Waals surface area contributed by atoms with E-state index < -0.39 is 96.1 Å². The van der Waals surface area contributed by atoms with Crippen LogP contribution in [0.2, 0.25) is 0 Å². The number of hydrogen-bond donors (Lipinski definition) is 0. The van der Waals surface area contributed by atoms with Crippen molar-refractivity contribution in [3.63, 3.8) is 0 Å². The van der Waals surface area contributed by atoms with E-state index in [9.17, 15) is 47.9 Å². The average Bonchev–Trinajstić information content (AvgIpc) is 3.33. The van der Waals surface area contributed by atoms with Gasteiger partial charge in [0.1, 0.15) is 36.7 Å². The fraction of sp³-hybridized carbons (Fsp3) is 0.593. The normalized spacial score (nSPS) is 24.4. The summed E-state index contributed by atoms with van der Waals surface area (Å²) in [7, 11) is 5.38. The van der Waals surface area contributed by atoms with Crippen molar-refractivity contribution in [2.75, 3.05) is 28.2 Å². The Balaban J connectivity index is 2.28. The number of hydrogen-bond acceptors (Lipinski definition) is 14. The van der Waals surface area contributed by atoms with Crippen molar-refractivity contribution >= 4 is 60.1 Å². The quantitative estimate of drug-likeness (QED) is 0.133. The molecule has 0 bridgehead atoms. The number of rotatable bonds is 14. The van der Waals surface area contributed by atoms with Crippen LogP contribution in [0.5, 0.6) is 0 Å². The van der Waals surface area contributed by atoms with Crippen LogP contribution in [0, 0.1) is 23.7 Å². The first-order valence-electron chi connectivity index (χ1n) is 24.7. The molecule has 3 rings (SSSR count). The molecule has 2 aromatic rings. The van der Waals surface area contributed by atoms with Crippen LogP contribution < -0.4 is 0 Å². The molecule has 0 saturated carbocycles. The van der Waals surface area contributed by atoms with Gasteiger partial charge in [-0.25, -0.2) is 19.2 Å². The number of ether oxygens (including phenoxy) is 4. The first kappa shape index (κ1) is 59.8. The summed E-state index contributed by atoms with van der Waals surface area (Å²) in [6.07, 6.45) is -5.07. The van der Waals surface area contributed by atoms with E-state index in [2.05, 4.69) is 0 Å². The van der Waals surface area contributed by atoms with Crippen LogP contribution in [-0.4, -0.2) is 156 Å². The largest absolute Gasteiger partial charge is 0.451 e. The molecule has 1 aliphatic heterocycles. The monoisotopic (exact) mass is 1000 g/mol. The molecular weight excluding hydrogens is 929 g/mol. The molecule has 1 aliphatic rings. The topological polar surface area (TPSA) is 221 Å². The zero-order valence-corrected chi connectivity index (χ0v) is 44.4. The van der Waals surface area contributed by atoms with Crippen molar-refractivity contribution < 1.29 is 66.9 Å². The van der Waals surface area contributed by atoms with Crippen molar-refractivity contribution in [2.24, 2.45) is 23.7 Å². The molecule has 8 atom stereocenters. The Hall–Kier alpha value is -6.46. The summed E-state index contributed by atoms with van der Waals surface area (Å²) in [5, 5.41) is 0. The van der Waals surface area contributed by atoms with Gasteiger partial charge in [-0.05, 0) is 74.3 Å². The second-order valence-corrected chi connectivity index (χ2v) is 20.5. The molecule has 18 nitrogen and oxygen atoms in total. The minimum atomic E-state index is -1.58. The number of cyclic esters (lactones) is 4. The molecule has 0 aromatic heterocycles. The second-order valence-electron chi connectivity index (χ2n) is 20.5. The Morgan fingerprint density at radius 3 is 0.875 bits per heavy atom. The Labute approximate surface area is 424 Å². The van der Waals surface area contributed by atoms with Gasteiger partial charge in [-0.3, -0.25) is 28.8 Å². The van der Waals surface area contributed by atoms with Crippen LogP contribution >= 0.6 is 0 Å². The summed E-state index contributed by atoms with van der Waals surface area (Å²) < 4.78 is 23.7. The first-order chi connectivity index (χ1) is 33.7. The van der Waals surface area contributed by atoms with Crippen molar-refractivity contribution in [1.29, 1.82) is 0 Å². The fourth-order valence-electron chi connectivity index (χ4n) is 8.37. The van der Waals surface area contributed by atoms with Gasteiger partial charge in [0.25, 0.3) is 23.6 Å². The predicted molar refractivity (Wildman–Crippen MR) is 266 cm³/mol. The molecule has 2 aromatic carbocycles. The molecule has 4 amide bonds. The van der Waals surface area contributed by atoms with Crippen molar-refractivity contribution in [2.45, 2.75) is 156 Å². The molecule has 1 fully saturated rings. The van der Waals surface area contributed by atoms with E-state index in [0.29, 0.717) is 34.8 Å². The number of amides is 4. The smallest absolute Gasteiger partial charge is 0.329 e. The third kappa shape index (κ3) is 16.8. The van der Waals surface area contributed by atoms with Gasteiger partial charge in [-0.2, -0.15) is 0 Å². The highest BCUT2D eigenvalue weighted by atomic mass is 16.6. The lowest BCUT2D eigenvalue weighted by atomic mass is 9.99. The number of carbonyl (C=O) groups is 10. The first-order valence-corrected chi connectivity index (χ1v) is 24.7. The standard InChI is InChI=1S/C54H76N4O14/c1-31(2)23-41-51(65)69-35(9)47(61)55(11)44(26-34(7)8)54(68)72-46(28-38-17-21-40(30-60)22-18-38)50(64)58(14)42(24-32(3)4)52(66)70-36(10)48(62)56(12)43(25-33(5)6)53(67)71-45(49(63)57(41)13)27-37-15-19-39(29-59)20-16-37/h15-22,29-36,41-46H,23-28H2,1-14H3/t35-,36-,41+,42+,43+,44+,45-,46-/m1/s1. The van der Waals surface area contributed by atoms with Crippen molar-refractivity contribution in [1.82, 2.24) is 19.6 Å². The minimum Gasteiger partial charge on any atom is -0.451 e. The Kier molecular flexibility index (Phi) is 22.8. The SMILES string of the molecule is CC(C)C[C@H]1C(=O)O[C@H](Cc2ccc(C=O)cc2)C(=O)N(C)[C@@H](CC(C)C)C(=O)O[C@H](C)C(=O)N(C)[C@@H](CC(C)C)C(=O)O[C@H](Cc2ccc(C=O)cc2)C(=O)N(C)[C@@H](CC(C)C)C(=O)O[C@H](C)C(=O)N1C. The fourth-order valence-corrected chi connectivity index (χ4v) is 8.37. The molecule has 0 unspecified atom stereocenters. The average molecular weight is 1010 g/mol. The maximum absolute atomic E-state index is 14.7. The molecule has 0 spiro atoms. The highest BCUT2D eigenvalue weighted by Crippen LogP contribution is 2.24. The molecule has 0 radical (unpaired) electrons. The molecule has 0 aliphatic carbocycles. The number of carbonyl (C=O) groups excluding carboxylic acids is 10. The van der Waals surface area contributed by atoms with Crippen LogP contribution in [0.3, 0.4) is 0 Å². The van der Waals surface area contributed by atoms with Crippen LogP contribution in [-0.2, 0) is 70.1 Å². The van der Waals surface area contributed by atoms with E-state index in [0.717, 1.165) is 19.6 Å². The number of likely N-dealkylation sites (N-methyl/N-ethyl adjacent to an activating group) is 4. The summed E-state index contributed by atoms with van der Waals surface area (Å²) in [6, 6.07) is 7.24. The van der Waals surface area contributed by atoms with Gasteiger partial charge in [0, 0.05) is 52.2 Å². The lowest BCUT2D eigenvalue weighted by Gasteiger charge is -2.35. The maximum Gasteiger partial charge on any atom is 0.329 e. The number of aldehydes is 2. The highest BCUT2D eigenvalue weighted by molar-refractivity contribution is 5.94. The Morgan fingerprint density at radius 2 is 0.639 bits per heavy atom. The van der Waals surface area contributed by atoms with E-state index in [1.807, 2.05) is 55.4 Å². The summed E-state index contributed by atoms with van der Waals surface area (Å²) in [5.74, 6) is -7.85. The number of esters is 4. The van der Waals surface area contributed by atoms with Gasteiger partial charge < -0.3 is 38.5 Å². The maximum atomic E-state index is 14.7. The predicted octanol–water partition coefficient (Wildman–Crippen LogP) is 5.29. The third-order valence-corrected chi connectivity index (χ3v) is 12.6. The van der Waals surface area contributed by atoms with Gasteiger partial charge in [0.05, 0.1) is 0 Å².